The molecule has 0 spiro atoms. The third-order valence-electron chi connectivity index (χ3n) is 3.50. The van der Waals surface area contributed by atoms with Gasteiger partial charge in [-0.25, -0.2) is 0 Å². The maximum Gasteiger partial charge on any atom is 0.573 e. The van der Waals surface area contributed by atoms with Crippen LogP contribution in [0.1, 0.15) is 43.6 Å². The minimum atomic E-state index is -4.68. The van der Waals surface area contributed by atoms with E-state index in [1.54, 1.807) is 6.07 Å². The Morgan fingerprint density at radius 3 is 2.58 bits per heavy atom. The van der Waals surface area contributed by atoms with Gasteiger partial charge in [0.25, 0.3) is 0 Å². The minimum absolute atomic E-state index is 0.0979. The molecule has 5 heteroatoms. The molecule has 0 radical (unpaired) electrons. The molecule has 0 bridgehead atoms. The van der Waals surface area contributed by atoms with E-state index in [-0.39, 0.29) is 11.7 Å². The molecule has 0 saturated heterocycles. The van der Waals surface area contributed by atoms with Gasteiger partial charge in [0, 0.05) is 5.92 Å². The van der Waals surface area contributed by atoms with Crippen LogP contribution in [0, 0.1) is 0 Å². The number of benzene rings is 1. The van der Waals surface area contributed by atoms with Gasteiger partial charge in [0.2, 0.25) is 0 Å². The third-order valence-corrected chi connectivity index (χ3v) is 3.50. The zero-order valence-electron chi connectivity index (χ0n) is 10.5. The van der Waals surface area contributed by atoms with Crippen LogP contribution in [-0.2, 0) is 0 Å². The molecular formula is C14H17F3O2. The number of hydrogen-bond donors (Lipinski definition) is 1. The highest BCUT2D eigenvalue weighted by Gasteiger charge is 2.31. The molecule has 1 fully saturated rings. The fourth-order valence-corrected chi connectivity index (χ4v) is 2.62. The fraction of sp³-hybridized carbons (Fsp3) is 0.571. The van der Waals surface area contributed by atoms with Crippen molar-refractivity contribution in [2.75, 3.05) is 0 Å². The van der Waals surface area contributed by atoms with E-state index in [0.29, 0.717) is 6.42 Å². The van der Waals surface area contributed by atoms with Crippen LogP contribution in [0.3, 0.4) is 0 Å². The standard InChI is InChI=1S/C14H17F3O2/c15-14(16,17)19-11-6-4-5-10(9-11)12-7-2-1-3-8-13(12)18/h4-6,9,12-13,18H,1-3,7-8H2. The average Bonchev–Trinajstić information content (AvgIpc) is 2.52. The molecule has 2 unspecified atom stereocenters. The summed E-state index contributed by atoms with van der Waals surface area (Å²) in [5, 5.41) is 10.1. The Bertz CT molecular complexity index is 417. The zero-order chi connectivity index (χ0) is 13.9. The lowest BCUT2D eigenvalue weighted by Gasteiger charge is -2.21. The van der Waals surface area contributed by atoms with Gasteiger partial charge in [0.1, 0.15) is 5.75 Å². The van der Waals surface area contributed by atoms with E-state index >= 15 is 0 Å². The van der Waals surface area contributed by atoms with Crippen LogP contribution in [0.15, 0.2) is 24.3 Å². The molecule has 2 atom stereocenters. The van der Waals surface area contributed by atoms with Crippen molar-refractivity contribution in [3.05, 3.63) is 29.8 Å². The Labute approximate surface area is 110 Å². The van der Waals surface area contributed by atoms with Gasteiger partial charge in [-0.1, -0.05) is 31.4 Å². The van der Waals surface area contributed by atoms with E-state index in [1.807, 2.05) is 0 Å². The summed E-state index contributed by atoms with van der Waals surface area (Å²) in [6.45, 7) is 0. The molecule has 0 aromatic heterocycles. The summed E-state index contributed by atoms with van der Waals surface area (Å²) in [5.74, 6) is -0.319. The maximum atomic E-state index is 12.2. The largest absolute Gasteiger partial charge is 0.573 e. The zero-order valence-corrected chi connectivity index (χ0v) is 10.5. The summed E-state index contributed by atoms with van der Waals surface area (Å²) in [4.78, 5) is 0. The summed E-state index contributed by atoms with van der Waals surface area (Å²) in [7, 11) is 0. The van der Waals surface area contributed by atoms with Crippen LogP contribution in [0.2, 0.25) is 0 Å². The van der Waals surface area contributed by atoms with Gasteiger partial charge >= 0.3 is 6.36 Å². The highest BCUT2D eigenvalue weighted by atomic mass is 19.4. The predicted octanol–water partition coefficient (Wildman–Crippen LogP) is 3.99. The Balaban J connectivity index is 2.17. The molecular weight excluding hydrogens is 257 g/mol. The van der Waals surface area contributed by atoms with Crippen molar-refractivity contribution < 1.29 is 23.0 Å². The van der Waals surface area contributed by atoms with Crippen molar-refractivity contribution in [3.63, 3.8) is 0 Å². The van der Waals surface area contributed by atoms with E-state index in [4.69, 9.17) is 0 Å². The monoisotopic (exact) mass is 274 g/mol. The SMILES string of the molecule is OC1CCCCCC1c1cccc(OC(F)(F)F)c1. The van der Waals surface area contributed by atoms with Crippen LogP contribution < -0.4 is 4.74 Å². The Hall–Kier alpha value is -1.23. The summed E-state index contributed by atoms with van der Waals surface area (Å²) >= 11 is 0. The van der Waals surface area contributed by atoms with Crippen molar-refractivity contribution in [2.24, 2.45) is 0 Å². The van der Waals surface area contributed by atoms with Crippen molar-refractivity contribution in [2.45, 2.75) is 50.5 Å². The number of aliphatic hydroxyl groups excluding tert-OH is 1. The van der Waals surface area contributed by atoms with Gasteiger partial charge in [0.15, 0.2) is 0 Å². The molecule has 1 aliphatic carbocycles. The Morgan fingerprint density at radius 2 is 1.84 bits per heavy atom. The quantitative estimate of drug-likeness (QED) is 0.826. The maximum absolute atomic E-state index is 12.2. The van der Waals surface area contributed by atoms with Gasteiger partial charge in [-0.3, -0.25) is 0 Å². The van der Waals surface area contributed by atoms with Crippen LogP contribution >= 0.6 is 0 Å². The number of halogens is 3. The first-order valence-electron chi connectivity index (χ1n) is 6.49. The first kappa shape index (κ1) is 14.2. The molecule has 2 rings (SSSR count). The lowest BCUT2D eigenvalue weighted by atomic mass is 9.89. The van der Waals surface area contributed by atoms with Gasteiger partial charge in [-0.15, -0.1) is 13.2 Å². The lowest BCUT2D eigenvalue weighted by Crippen LogP contribution is -2.19. The number of alkyl halides is 3. The highest BCUT2D eigenvalue weighted by molar-refractivity contribution is 5.31. The molecule has 1 saturated carbocycles. The van der Waals surface area contributed by atoms with Crippen molar-refractivity contribution in [3.8, 4) is 5.75 Å². The number of rotatable bonds is 2. The van der Waals surface area contributed by atoms with Crippen LogP contribution in [-0.4, -0.2) is 17.6 Å². The van der Waals surface area contributed by atoms with Crippen LogP contribution in [0.25, 0.3) is 0 Å². The summed E-state index contributed by atoms with van der Waals surface area (Å²) in [5.41, 5.74) is 0.719. The van der Waals surface area contributed by atoms with E-state index in [9.17, 15) is 18.3 Å². The first-order chi connectivity index (χ1) is 8.96. The summed E-state index contributed by atoms with van der Waals surface area (Å²) in [6.07, 6.45) is -0.634. The van der Waals surface area contributed by atoms with Gasteiger partial charge < -0.3 is 9.84 Å². The van der Waals surface area contributed by atoms with Gasteiger partial charge in [-0.05, 0) is 30.5 Å². The Morgan fingerprint density at radius 1 is 1.11 bits per heavy atom. The number of aliphatic hydroxyl groups is 1. The molecule has 106 valence electrons. The average molecular weight is 274 g/mol. The van der Waals surface area contributed by atoms with Crippen molar-refractivity contribution >= 4 is 0 Å². The molecule has 19 heavy (non-hydrogen) atoms. The van der Waals surface area contributed by atoms with E-state index < -0.39 is 12.5 Å². The molecule has 1 N–H and O–H groups in total. The summed E-state index contributed by atoms with van der Waals surface area (Å²) in [6, 6.07) is 5.95. The number of hydrogen-bond acceptors (Lipinski definition) is 2. The first-order valence-corrected chi connectivity index (χ1v) is 6.49. The molecule has 1 aromatic carbocycles. The molecule has 2 nitrogen and oxygen atoms in total. The van der Waals surface area contributed by atoms with E-state index in [2.05, 4.69) is 4.74 Å². The second-order valence-corrected chi connectivity index (χ2v) is 4.93. The van der Waals surface area contributed by atoms with E-state index in [0.717, 1.165) is 31.2 Å². The van der Waals surface area contributed by atoms with Crippen LogP contribution in [0.4, 0.5) is 13.2 Å². The van der Waals surface area contributed by atoms with Crippen LogP contribution in [0.5, 0.6) is 5.75 Å². The molecule has 1 aliphatic rings. The van der Waals surface area contributed by atoms with Gasteiger partial charge in [0.05, 0.1) is 6.10 Å². The second kappa shape index (κ2) is 5.82. The Kier molecular flexibility index (Phi) is 4.34. The molecule has 0 aliphatic heterocycles. The molecule has 0 heterocycles. The van der Waals surface area contributed by atoms with Gasteiger partial charge in [-0.2, -0.15) is 0 Å². The third kappa shape index (κ3) is 4.13. The van der Waals surface area contributed by atoms with Crippen molar-refractivity contribution in [1.82, 2.24) is 0 Å². The topological polar surface area (TPSA) is 29.5 Å². The molecule has 1 aromatic rings. The summed E-state index contributed by atoms with van der Waals surface area (Å²) < 4.78 is 40.5. The predicted molar refractivity (Wildman–Crippen MR) is 65.0 cm³/mol. The minimum Gasteiger partial charge on any atom is -0.406 e. The second-order valence-electron chi connectivity index (χ2n) is 4.93. The smallest absolute Gasteiger partial charge is 0.406 e. The van der Waals surface area contributed by atoms with Crippen molar-refractivity contribution in [1.29, 1.82) is 0 Å². The highest BCUT2D eigenvalue weighted by Crippen LogP contribution is 2.34. The number of ether oxygens (including phenoxy) is 1. The fourth-order valence-electron chi connectivity index (χ4n) is 2.62. The molecule has 0 amide bonds. The normalized spacial score (nSPS) is 24.8. The van der Waals surface area contributed by atoms with E-state index in [1.165, 1.54) is 18.2 Å². The lowest BCUT2D eigenvalue weighted by molar-refractivity contribution is -0.274.